The molecule has 0 aromatic heterocycles. The van der Waals surface area contributed by atoms with E-state index in [0.717, 1.165) is 12.8 Å². The lowest BCUT2D eigenvalue weighted by atomic mass is 10.4. The van der Waals surface area contributed by atoms with E-state index in [1.165, 1.54) is 19.1 Å². The maximum atomic E-state index is 10.3. The Labute approximate surface area is 96.9 Å². The molecule has 0 aromatic carbocycles. The predicted molar refractivity (Wildman–Crippen MR) is 62.9 cm³/mol. The first kappa shape index (κ1) is 16.8. The Kier molecular flexibility index (Phi) is 14.1. The molecule has 0 bridgehead atoms. The zero-order valence-electron chi connectivity index (χ0n) is 10.0. The molecule has 0 saturated heterocycles. The van der Waals surface area contributed by atoms with E-state index in [9.17, 15) is 9.59 Å². The van der Waals surface area contributed by atoms with Gasteiger partial charge in [0.05, 0.1) is 6.61 Å². The highest BCUT2D eigenvalue weighted by Gasteiger charge is 1.91. The summed E-state index contributed by atoms with van der Waals surface area (Å²) in [4.78, 5) is 20.3. The van der Waals surface area contributed by atoms with Gasteiger partial charge in [0, 0.05) is 13.0 Å². The topological polar surface area (TPSA) is 52.6 Å². The van der Waals surface area contributed by atoms with Crippen molar-refractivity contribution in [2.45, 2.75) is 26.7 Å². The van der Waals surface area contributed by atoms with Crippen molar-refractivity contribution in [3.63, 3.8) is 0 Å². The van der Waals surface area contributed by atoms with E-state index in [-0.39, 0.29) is 11.9 Å². The molecule has 0 aliphatic heterocycles. The Bertz CT molecular complexity index is 221. The number of ether oxygens (including phenoxy) is 2. The second kappa shape index (κ2) is 13.4. The molecule has 0 saturated carbocycles. The first-order valence-corrected chi connectivity index (χ1v) is 5.11. The first-order chi connectivity index (χ1) is 7.58. The van der Waals surface area contributed by atoms with E-state index in [1.54, 1.807) is 0 Å². The van der Waals surface area contributed by atoms with Gasteiger partial charge in [-0.2, -0.15) is 0 Å². The van der Waals surface area contributed by atoms with Crippen LogP contribution in [0.25, 0.3) is 0 Å². The van der Waals surface area contributed by atoms with Crippen LogP contribution in [0.5, 0.6) is 0 Å². The quantitative estimate of drug-likeness (QED) is 0.303. The zero-order chi connectivity index (χ0) is 12.8. The van der Waals surface area contributed by atoms with Gasteiger partial charge in [0.1, 0.15) is 6.61 Å². The molecule has 0 heterocycles. The average Bonchev–Trinajstić information content (AvgIpc) is 2.27. The van der Waals surface area contributed by atoms with Crippen molar-refractivity contribution >= 4 is 11.9 Å². The smallest absolute Gasteiger partial charge is 0.330 e. The number of carbonyl (C=O) groups is 2. The highest BCUT2D eigenvalue weighted by atomic mass is 16.5. The van der Waals surface area contributed by atoms with Crippen molar-refractivity contribution in [3.05, 3.63) is 25.3 Å². The molecule has 0 N–H and O–H groups in total. The fraction of sp³-hybridized carbons (Fsp3) is 0.500. The molecule has 4 heteroatoms. The fourth-order valence-electron chi connectivity index (χ4n) is 0.552. The highest BCUT2D eigenvalue weighted by molar-refractivity contribution is 5.81. The molecule has 0 atom stereocenters. The molecule has 0 unspecified atom stereocenters. The monoisotopic (exact) mass is 228 g/mol. The maximum absolute atomic E-state index is 10.3. The summed E-state index contributed by atoms with van der Waals surface area (Å²) in [6.07, 6.45) is 4.68. The predicted octanol–water partition coefficient (Wildman–Crippen LogP) is 2.25. The minimum Gasteiger partial charge on any atom is -0.463 e. The van der Waals surface area contributed by atoms with Crippen LogP contribution in [0.4, 0.5) is 0 Å². The van der Waals surface area contributed by atoms with Crippen molar-refractivity contribution in [1.29, 1.82) is 0 Å². The molecule has 16 heavy (non-hydrogen) atoms. The fourth-order valence-corrected chi connectivity index (χ4v) is 0.552. The lowest BCUT2D eigenvalue weighted by Crippen LogP contribution is -2.00. The molecule has 0 aliphatic rings. The lowest BCUT2D eigenvalue weighted by Gasteiger charge is -1.97. The largest absolute Gasteiger partial charge is 0.463 e. The molecule has 92 valence electrons. The van der Waals surface area contributed by atoms with Crippen molar-refractivity contribution < 1.29 is 19.1 Å². The van der Waals surface area contributed by atoms with E-state index in [2.05, 4.69) is 22.6 Å². The van der Waals surface area contributed by atoms with Gasteiger partial charge in [-0.25, -0.2) is 4.79 Å². The van der Waals surface area contributed by atoms with Crippen molar-refractivity contribution in [3.8, 4) is 0 Å². The number of hydrogen-bond acceptors (Lipinski definition) is 4. The molecule has 0 amide bonds. The summed E-state index contributed by atoms with van der Waals surface area (Å²) in [5.41, 5.74) is 0. The van der Waals surface area contributed by atoms with Gasteiger partial charge < -0.3 is 9.47 Å². The molecular weight excluding hydrogens is 208 g/mol. The molecular formula is C12H20O4. The van der Waals surface area contributed by atoms with Gasteiger partial charge in [0.25, 0.3) is 0 Å². The van der Waals surface area contributed by atoms with Crippen molar-refractivity contribution in [1.82, 2.24) is 0 Å². The Morgan fingerprint density at radius 1 is 1.25 bits per heavy atom. The second-order valence-corrected chi connectivity index (χ2v) is 2.82. The van der Waals surface area contributed by atoms with Gasteiger partial charge >= 0.3 is 11.9 Å². The average molecular weight is 228 g/mol. The van der Waals surface area contributed by atoms with Gasteiger partial charge in [-0.15, -0.1) is 0 Å². The van der Waals surface area contributed by atoms with Crippen LogP contribution in [0.15, 0.2) is 25.3 Å². The Morgan fingerprint density at radius 2 is 1.88 bits per heavy atom. The minimum atomic E-state index is -0.330. The first-order valence-electron chi connectivity index (χ1n) is 5.11. The number of hydrogen-bond donors (Lipinski definition) is 0. The number of rotatable bonds is 6. The van der Waals surface area contributed by atoms with Crippen molar-refractivity contribution in [2.24, 2.45) is 0 Å². The normalized spacial score (nSPS) is 8.12. The Morgan fingerprint density at radius 3 is 2.19 bits per heavy atom. The number of esters is 2. The third-order valence-corrected chi connectivity index (χ3v) is 1.31. The Hall–Kier alpha value is -1.58. The van der Waals surface area contributed by atoms with Gasteiger partial charge in [0.15, 0.2) is 0 Å². The van der Waals surface area contributed by atoms with Crippen LogP contribution in [-0.4, -0.2) is 25.2 Å². The number of unbranched alkanes of at least 4 members (excludes halogenated alkanes) is 1. The summed E-state index contributed by atoms with van der Waals surface area (Å²) in [6, 6.07) is 0. The van der Waals surface area contributed by atoms with Crippen LogP contribution in [0, 0.1) is 0 Å². The van der Waals surface area contributed by atoms with Crippen LogP contribution in [-0.2, 0) is 19.1 Å². The summed E-state index contributed by atoms with van der Waals surface area (Å²) in [7, 11) is 0. The third kappa shape index (κ3) is 18.3. The summed E-state index contributed by atoms with van der Waals surface area (Å²) in [5.74, 6) is -0.594. The van der Waals surface area contributed by atoms with E-state index in [0.29, 0.717) is 13.2 Å². The van der Waals surface area contributed by atoms with E-state index < -0.39 is 0 Å². The molecule has 0 aliphatic carbocycles. The molecule has 0 aromatic rings. The van der Waals surface area contributed by atoms with E-state index in [1.807, 2.05) is 6.92 Å². The summed E-state index contributed by atoms with van der Waals surface area (Å²) in [6.45, 7) is 10.9. The third-order valence-electron chi connectivity index (χ3n) is 1.31. The molecule has 4 nitrogen and oxygen atoms in total. The summed E-state index contributed by atoms with van der Waals surface area (Å²) in [5, 5.41) is 0. The standard InChI is InChI=1S/C7H12O2.C5H8O2/c1-3-5-6-9-7(8)4-2;1-3-4-7-5(2)6/h4H,2-3,5-6H2,1H3;3H,1,4H2,2H3. The zero-order valence-corrected chi connectivity index (χ0v) is 10.0. The number of carbonyl (C=O) groups excluding carboxylic acids is 2. The van der Waals surface area contributed by atoms with Gasteiger partial charge in [0.2, 0.25) is 0 Å². The second-order valence-electron chi connectivity index (χ2n) is 2.82. The van der Waals surface area contributed by atoms with Gasteiger partial charge in [-0.05, 0) is 6.42 Å². The summed E-state index contributed by atoms with van der Waals surface area (Å²) < 4.78 is 9.11. The van der Waals surface area contributed by atoms with Crippen molar-refractivity contribution in [2.75, 3.05) is 13.2 Å². The van der Waals surface area contributed by atoms with Crippen LogP contribution in [0.2, 0.25) is 0 Å². The van der Waals surface area contributed by atoms with Crippen LogP contribution in [0.3, 0.4) is 0 Å². The van der Waals surface area contributed by atoms with Crippen LogP contribution in [0.1, 0.15) is 26.7 Å². The minimum absolute atomic E-state index is 0.264. The highest BCUT2D eigenvalue weighted by Crippen LogP contribution is 1.88. The molecule has 0 fully saturated rings. The molecule has 0 rings (SSSR count). The molecule has 0 radical (unpaired) electrons. The van der Waals surface area contributed by atoms with Gasteiger partial charge in [-0.3, -0.25) is 4.79 Å². The summed E-state index contributed by atoms with van der Waals surface area (Å²) >= 11 is 0. The molecule has 0 spiro atoms. The Balaban J connectivity index is 0. The lowest BCUT2D eigenvalue weighted by molar-refractivity contribution is -0.140. The van der Waals surface area contributed by atoms with Gasteiger partial charge in [-0.1, -0.05) is 32.6 Å². The van der Waals surface area contributed by atoms with E-state index in [4.69, 9.17) is 0 Å². The maximum Gasteiger partial charge on any atom is 0.330 e. The van der Waals surface area contributed by atoms with E-state index >= 15 is 0 Å². The van der Waals surface area contributed by atoms with Crippen LogP contribution < -0.4 is 0 Å². The SMILES string of the molecule is C=CC(=O)OCCCC.C=CCOC(C)=O. The van der Waals surface area contributed by atoms with Crippen LogP contribution >= 0.6 is 0 Å².